The maximum atomic E-state index is 4.30. The normalized spacial score (nSPS) is 15.7. The quantitative estimate of drug-likeness (QED) is 0.743. The van der Waals surface area contributed by atoms with Crippen molar-refractivity contribution in [2.75, 3.05) is 13.6 Å². The first-order valence-corrected chi connectivity index (χ1v) is 5.54. The Morgan fingerprint density at radius 1 is 1.43 bits per heavy atom. The SMILES string of the molecule is CC.CCc1n[nH]c2c1CCN(C)C2. The van der Waals surface area contributed by atoms with Crippen LogP contribution in [0.5, 0.6) is 0 Å². The summed E-state index contributed by atoms with van der Waals surface area (Å²) in [6.45, 7) is 8.36. The molecule has 3 nitrogen and oxygen atoms in total. The fourth-order valence-corrected chi connectivity index (χ4v) is 1.81. The van der Waals surface area contributed by atoms with E-state index in [1.165, 1.54) is 23.5 Å². The second-order valence-electron chi connectivity index (χ2n) is 3.47. The van der Waals surface area contributed by atoms with E-state index in [0.29, 0.717) is 0 Å². The molecule has 1 aromatic heterocycles. The van der Waals surface area contributed by atoms with Crippen LogP contribution in [-0.4, -0.2) is 28.7 Å². The van der Waals surface area contributed by atoms with E-state index < -0.39 is 0 Å². The summed E-state index contributed by atoms with van der Waals surface area (Å²) in [5.74, 6) is 0. The molecule has 1 aliphatic rings. The molecule has 14 heavy (non-hydrogen) atoms. The summed E-state index contributed by atoms with van der Waals surface area (Å²) in [5, 5.41) is 7.41. The van der Waals surface area contributed by atoms with Gasteiger partial charge >= 0.3 is 0 Å². The molecule has 0 spiro atoms. The average Bonchev–Trinajstić information content (AvgIpc) is 2.62. The number of rotatable bonds is 1. The molecule has 3 heteroatoms. The van der Waals surface area contributed by atoms with E-state index >= 15 is 0 Å². The lowest BCUT2D eigenvalue weighted by atomic mass is 10.0. The van der Waals surface area contributed by atoms with Crippen molar-refractivity contribution in [3.63, 3.8) is 0 Å². The van der Waals surface area contributed by atoms with Gasteiger partial charge < -0.3 is 4.90 Å². The Morgan fingerprint density at radius 3 is 2.79 bits per heavy atom. The van der Waals surface area contributed by atoms with Gasteiger partial charge in [-0.05, 0) is 25.5 Å². The van der Waals surface area contributed by atoms with Gasteiger partial charge in [0.2, 0.25) is 0 Å². The van der Waals surface area contributed by atoms with Crippen LogP contribution in [0.25, 0.3) is 0 Å². The highest BCUT2D eigenvalue weighted by atomic mass is 15.2. The van der Waals surface area contributed by atoms with Crippen LogP contribution in [0, 0.1) is 0 Å². The monoisotopic (exact) mass is 195 g/mol. The van der Waals surface area contributed by atoms with Crippen molar-refractivity contribution in [3.05, 3.63) is 17.0 Å². The predicted octanol–water partition coefficient (Wildman–Crippen LogP) is 1.99. The lowest BCUT2D eigenvalue weighted by Gasteiger charge is -2.21. The standard InChI is InChI=1S/C9H15N3.C2H6/c1-3-8-7-4-5-12(2)6-9(7)11-10-8;1-2/h3-6H2,1-2H3,(H,10,11);1-2H3. The molecule has 0 fully saturated rings. The van der Waals surface area contributed by atoms with Crippen LogP contribution in [0.15, 0.2) is 0 Å². The van der Waals surface area contributed by atoms with Crippen molar-refractivity contribution in [1.82, 2.24) is 15.1 Å². The molecule has 2 heterocycles. The predicted molar refractivity (Wildman–Crippen MR) is 59.4 cm³/mol. The Balaban J connectivity index is 0.000000461. The number of aromatic amines is 1. The van der Waals surface area contributed by atoms with Crippen LogP contribution in [0.4, 0.5) is 0 Å². The van der Waals surface area contributed by atoms with Gasteiger partial charge in [-0.1, -0.05) is 20.8 Å². The Kier molecular flexibility index (Phi) is 4.14. The van der Waals surface area contributed by atoms with E-state index in [4.69, 9.17) is 0 Å². The third-order valence-electron chi connectivity index (χ3n) is 2.54. The molecule has 0 amide bonds. The highest BCUT2D eigenvalue weighted by Crippen LogP contribution is 2.18. The second-order valence-corrected chi connectivity index (χ2v) is 3.47. The molecule has 2 rings (SSSR count). The number of fused-ring (bicyclic) bond motifs is 1. The highest BCUT2D eigenvalue weighted by molar-refractivity contribution is 5.27. The van der Waals surface area contributed by atoms with Gasteiger partial charge in [-0.2, -0.15) is 5.10 Å². The molecule has 0 aliphatic carbocycles. The maximum absolute atomic E-state index is 4.30. The maximum Gasteiger partial charge on any atom is 0.0655 e. The van der Waals surface area contributed by atoms with Gasteiger partial charge in [0.05, 0.1) is 11.4 Å². The molecule has 0 saturated heterocycles. The van der Waals surface area contributed by atoms with Gasteiger partial charge in [0.15, 0.2) is 0 Å². The first-order valence-electron chi connectivity index (χ1n) is 5.54. The minimum atomic E-state index is 1.03. The van der Waals surface area contributed by atoms with Crippen LogP contribution in [0.3, 0.4) is 0 Å². The van der Waals surface area contributed by atoms with Gasteiger partial charge in [0.1, 0.15) is 0 Å². The number of likely N-dealkylation sites (N-methyl/N-ethyl adjacent to an activating group) is 1. The van der Waals surface area contributed by atoms with E-state index in [0.717, 1.165) is 19.4 Å². The zero-order chi connectivity index (χ0) is 10.6. The van der Waals surface area contributed by atoms with Crippen LogP contribution in [-0.2, 0) is 19.4 Å². The summed E-state index contributed by atoms with van der Waals surface area (Å²) < 4.78 is 0. The van der Waals surface area contributed by atoms with Crippen molar-refractivity contribution >= 4 is 0 Å². The number of nitrogens with one attached hydrogen (secondary N) is 1. The molecule has 0 atom stereocenters. The van der Waals surface area contributed by atoms with E-state index in [1.807, 2.05) is 13.8 Å². The van der Waals surface area contributed by atoms with E-state index in [-0.39, 0.29) is 0 Å². The van der Waals surface area contributed by atoms with Crippen LogP contribution >= 0.6 is 0 Å². The molecule has 0 bridgehead atoms. The Morgan fingerprint density at radius 2 is 2.14 bits per heavy atom. The molecule has 1 aromatic rings. The summed E-state index contributed by atoms with van der Waals surface area (Å²) in [6, 6.07) is 0. The summed E-state index contributed by atoms with van der Waals surface area (Å²) >= 11 is 0. The Labute approximate surface area is 86.5 Å². The number of H-pyrrole nitrogens is 1. The molecular weight excluding hydrogens is 174 g/mol. The van der Waals surface area contributed by atoms with Gasteiger partial charge in [-0.15, -0.1) is 0 Å². The highest BCUT2D eigenvalue weighted by Gasteiger charge is 2.17. The number of aryl methyl sites for hydroxylation is 1. The summed E-state index contributed by atoms with van der Waals surface area (Å²) in [5.41, 5.74) is 4.05. The van der Waals surface area contributed by atoms with Gasteiger partial charge in [0, 0.05) is 13.1 Å². The molecule has 80 valence electrons. The van der Waals surface area contributed by atoms with Gasteiger partial charge in [-0.3, -0.25) is 5.10 Å². The lowest BCUT2D eigenvalue weighted by molar-refractivity contribution is 0.308. The number of aromatic nitrogens is 2. The molecular formula is C11H21N3. The van der Waals surface area contributed by atoms with Crippen molar-refractivity contribution in [1.29, 1.82) is 0 Å². The molecule has 1 N–H and O–H groups in total. The van der Waals surface area contributed by atoms with E-state index in [1.54, 1.807) is 0 Å². The van der Waals surface area contributed by atoms with Crippen LogP contribution in [0.2, 0.25) is 0 Å². The minimum absolute atomic E-state index is 1.03. The summed E-state index contributed by atoms with van der Waals surface area (Å²) in [7, 11) is 2.15. The van der Waals surface area contributed by atoms with E-state index in [9.17, 15) is 0 Å². The number of hydrogen-bond donors (Lipinski definition) is 1. The third-order valence-corrected chi connectivity index (χ3v) is 2.54. The van der Waals surface area contributed by atoms with Crippen molar-refractivity contribution < 1.29 is 0 Å². The van der Waals surface area contributed by atoms with Crippen LogP contribution in [0.1, 0.15) is 37.7 Å². The minimum Gasteiger partial charge on any atom is -0.300 e. The van der Waals surface area contributed by atoms with Crippen molar-refractivity contribution in [2.24, 2.45) is 0 Å². The summed E-state index contributed by atoms with van der Waals surface area (Å²) in [6.07, 6.45) is 2.21. The van der Waals surface area contributed by atoms with Gasteiger partial charge in [0.25, 0.3) is 0 Å². The van der Waals surface area contributed by atoms with Crippen molar-refractivity contribution in [3.8, 4) is 0 Å². The zero-order valence-corrected chi connectivity index (χ0v) is 9.72. The summed E-state index contributed by atoms with van der Waals surface area (Å²) in [4.78, 5) is 2.32. The molecule has 0 aromatic carbocycles. The molecule has 0 radical (unpaired) electrons. The fourth-order valence-electron chi connectivity index (χ4n) is 1.81. The molecule has 0 unspecified atom stereocenters. The molecule has 0 saturated carbocycles. The van der Waals surface area contributed by atoms with Crippen molar-refractivity contribution in [2.45, 2.75) is 40.2 Å². The number of hydrogen-bond acceptors (Lipinski definition) is 2. The lowest BCUT2D eigenvalue weighted by Crippen LogP contribution is -2.26. The first kappa shape index (κ1) is 11.2. The Hall–Kier alpha value is -0.830. The topological polar surface area (TPSA) is 31.9 Å². The Bertz CT molecular complexity index is 278. The zero-order valence-electron chi connectivity index (χ0n) is 9.72. The van der Waals surface area contributed by atoms with Gasteiger partial charge in [-0.25, -0.2) is 0 Å². The third kappa shape index (κ3) is 2.15. The average molecular weight is 195 g/mol. The fraction of sp³-hybridized carbons (Fsp3) is 0.727. The molecule has 1 aliphatic heterocycles. The number of nitrogens with zero attached hydrogens (tertiary/aromatic N) is 2. The smallest absolute Gasteiger partial charge is 0.0655 e. The van der Waals surface area contributed by atoms with Crippen LogP contribution < -0.4 is 0 Å². The second kappa shape index (κ2) is 5.15. The first-order chi connectivity index (χ1) is 6.81. The van der Waals surface area contributed by atoms with E-state index in [2.05, 4.69) is 29.1 Å². The largest absolute Gasteiger partial charge is 0.300 e.